The van der Waals surface area contributed by atoms with Gasteiger partial charge in [-0.2, -0.15) is 0 Å². The average molecular weight is 186 g/mol. The molecule has 0 saturated carbocycles. The van der Waals surface area contributed by atoms with E-state index in [4.69, 9.17) is 10.2 Å². The smallest absolute Gasteiger partial charge is 0.345 e. The fourth-order valence-corrected chi connectivity index (χ4v) is 1.65. The molecule has 4 nitrogen and oxygen atoms in total. The van der Waals surface area contributed by atoms with Gasteiger partial charge in [0.1, 0.15) is 4.88 Å². The number of rotatable bonds is 2. The van der Waals surface area contributed by atoms with Crippen molar-refractivity contribution in [3.8, 4) is 0 Å². The van der Waals surface area contributed by atoms with Gasteiger partial charge in [-0.05, 0) is 13.0 Å². The third kappa shape index (κ3) is 1.45. The van der Waals surface area contributed by atoms with Gasteiger partial charge in [-0.3, -0.25) is 0 Å². The first-order valence-electron chi connectivity index (χ1n) is 3.09. The van der Waals surface area contributed by atoms with Crippen molar-refractivity contribution in [3.63, 3.8) is 0 Å². The fraction of sp³-hybridized carbons (Fsp3) is 0.143. The van der Waals surface area contributed by atoms with Crippen LogP contribution in [-0.2, 0) is 0 Å². The van der Waals surface area contributed by atoms with E-state index in [1.54, 1.807) is 6.92 Å². The topological polar surface area (TPSA) is 74.6 Å². The predicted octanol–water partition coefficient (Wildman–Crippen LogP) is 1.45. The van der Waals surface area contributed by atoms with Crippen LogP contribution in [0.2, 0.25) is 0 Å². The number of thiophene rings is 1. The number of carboxylic acids is 2. The third-order valence-electron chi connectivity index (χ3n) is 1.36. The number of carboxylic acid groups (broad SMARTS) is 2. The van der Waals surface area contributed by atoms with E-state index in [1.807, 2.05) is 0 Å². The second kappa shape index (κ2) is 2.94. The summed E-state index contributed by atoms with van der Waals surface area (Å²) in [6.07, 6.45) is 0. The summed E-state index contributed by atoms with van der Waals surface area (Å²) in [6, 6.07) is 1.17. The Kier molecular flexibility index (Phi) is 2.14. The fourth-order valence-electron chi connectivity index (χ4n) is 0.800. The van der Waals surface area contributed by atoms with Crippen molar-refractivity contribution in [2.45, 2.75) is 6.92 Å². The second-order valence-corrected chi connectivity index (χ2v) is 3.45. The first kappa shape index (κ1) is 8.73. The summed E-state index contributed by atoms with van der Waals surface area (Å²) in [5, 5.41) is 17.1. The molecule has 1 aromatic rings. The molecule has 0 bridgehead atoms. The quantitative estimate of drug-likeness (QED) is 0.733. The van der Waals surface area contributed by atoms with Crippen LogP contribution in [0.25, 0.3) is 0 Å². The molecule has 2 N–H and O–H groups in total. The molecular weight excluding hydrogens is 180 g/mol. The molecule has 0 spiro atoms. The molecule has 0 aliphatic heterocycles. The SMILES string of the molecule is Cc1sc(C(=O)O)cc1C(=O)O. The summed E-state index contributed by atoms with van der Waals surface area (Å²) >= 11 is 0.970. The van der Waals surface area contributed by atoms with Crippen LogP contribution in [0.1, 0.15) is 24.9 Å². The van der Waals surface area contributed by atoms with Crippen LogP contribution in [0.15, 0.2) is 6.07 Å². The monoisotopic (exact) mass is 186 g/mol. The van der Waals surface area contributed by atoms with E-state index in [0.717, 1.165) is 11.3 Å². The van der Waals surface area contributed by atoms with Crippen LogP contribution in [-0.4, -0.2) is 22.2 Å². The number of aryl methyl sites for hydroxylation is 1. The summed E-state index contributed by atoms with van der Waals surface area (Å²) in [5.41, 5.74) is 0.0670. The summed E-state index contributed by atoms with van der Waals surface area (Å²) in [5.74, 6) is -2.17. The van der Waals surface area contributed by atoms with E-state index < -0.39 is 11.9 Å². The molecule has 5 heteroatoms. The molecule has 1 aromatic heterocycles. The van der Waals surface area contributed by atoms with Gasteiger partial charge in [-0.25, -0.2) is 9.59 Å². The summed E-state index contributed by atoms with van der Waals surface area (Å²) in [6.45, 7) is 1.58. The maximum absolute atomic E-state index is 10.5. The minimum Gasteiger partial charge on any atom is -0.478 e. The largest absolute Gasteiger partial charge is 0.478 e. The van der Waals surface area contributed by atoms with Crippen molar-refractivity contribution in [2.24, 2.45) is 0 Å². The lowest BCUT2D eigenvalue weighted by Gasteiger charge is -1.86. The van der Waals surface area contributed by atoms with Crippen molar-refractivity contribution in [1.29, 1.82) is 0 Å². The normalized spacial score (nSPS) is 9.75. The first-order valence-corrected chi connectivity index (χ1v) is 3.91. The standard InChI is InChI=1S/C7H6O4S/c1-3-4(6(8)9)2-5(12-3)7(10)11/h2H,1H3,(H,8,9)(H,10,11). The van der Waals surface area contributed by atoms with Crippen LogP contribution in [0.3, 0.4) is 0 Å². The number of hydrogen-bond acceptors (Lipinski definition) is 3. The van der Waals surface area contributed by atoms with Gasteiger partial charge < -0.3 is 10.2 Å². The van der Waals surface area contributed by atoms with E-state index in [9.17, 15) is 9.59 Å². The van der Waals surface area contributed by atoms with Gasteiger partial charge in [-0.1, -0.05) is 0 Å². The highest BCUT2D eigenvalue weighted by molar-refractivity contribution is 7.14. The number of aromatic carboxylic acids is 2. The van der Waals surface area contributed by atoms with E-state index in [0.29, 0.717) is 4.88 Å². The molecule has 0 amide bonds. The summed E-state index contributed by atoms with van der Waals surface area (Å²) < 4.78 is 0. The zero-order valence-electron chi connectivity index (χ0n) is 6.20. The van der Waals surface area contributed by atoms with E-state index in [-0.39, 0.29) is 10.4 Å². The molecule has 1 heterocycles. The van der Waals surface area contributed by atoms with E-state index >= 15 is 0 Å². The highest BCUT2D eigenvalue weighted by Crippen LogP contribution is 2.21. The molecule has 1 rings (SSSR count). The molecule has 0 fully saturated rings. The number of carbonyl (C=O) groups is 2. The molecule has 12 heavy (non-hydrogen) atoms. The van der Waals surface area contributed by atoms with Crippen molar-refractivity contribution >= 4 is 23.3 Å². The van der Waals surface area contributed by atoms with Crippen LogP contribution in [0, 0.1) is 6.92 Å². The van der Waals surface area contributed by atoms with Crippen LogP contribution in [0.4, 0.5) is 0 Å². The molecule has 0 unspecified atom stereocenters. The first-order chi connectivity index (χ1) is 5.52. The van der Waals surface area contributed by atoms with E-state index in [2.05, 4.69) is 0 Å². The van der Waals surface area contributed by atoms with Crippen molar-refractivity contribution in [2.75, 3.05) is 0 Å². The summed E-state index contributed by atoms with van der Waals surface area (Å²) in [4.78, 5) is 21.5. The Morgan fingerprint density at radius 3 is 2.17 bits per heavy atom. The minimum absolute atomic E-state index is 0.0601. The lowest BCUT2D eigenvalue weighted by molar-refractivity contribution is 0.0695. The van der Waals surface area contributed by atoms with Crippen LogP contribution in [0.5, 0.6) is 0 Å². The van der Waals surface area contributed by atoms with Gasteiger partial charge in [0, 0.05) is 4.88 Å². The van der Waals surface area contributed by atoms with Gasteiger partial charge in [0.2, 0.25) is 0 Å². The maximum Gasteiger partial charge on any atom is 0.345 e. The second-order valence-electron chi connectivity index (χ2n) is 2.19. The lowest BCUT2D eigenvalue weighted by Crippen LogP contribution is -1.96. The van der Waals surface area contributed by atoms with Crippen molar-refractivity contribution in [1.82, 2.24) is 0 Å². The summed E-state index contributed by atoms with van der Waals surface area (Å²) in [7, 11) is 0. The van der Waals surface area contributed by atoms with E-state index in [1.165, 1.54) is 6.07 Å². The Bertz CT molecular complexity index is 339. The zero-order chi connectivity index (χ0) is 9.30. The molecule has 0 aromatic carbocycles. The molecule has 0 saturated heterocycles. The Labute approximate surface area is 72.1 Å². The highest BCUT2D eigenvalue weighted by atomic mass is 32.1. The van der Waals surface area contributed by atoms with Gasteiger partial charge in [0.25, 0.3) is 0 Å². The Hall–Kier alpha value is -1.36. The molecule has 0 radical (unpaired) electrons. The van der Waals surface area contributed by atoms with Gasteiger partial charge in [-0.15, -0.1) is 11.3 Å². The van der Waals surface area contributed by atoms with Crippen molar-refractivity contribution < 1.29 is 19.8 Å². The van der Waals surface area contributed by atoms with Crippen molar-refractivity contribution in [3.05, 3.63) is 21.4 Å². The number of hydrogen-bond donors (Lipinski definition) is 2. The van der Waals surface area contributed by atoms with Gasteiger partial charge in [0.05, 0.1) is 5.56 Å². The molecule has 64 valence electrons. The Morgan fingerprint density at radius 2 is 1.92 bits per heavy atom. The lowest BCUT2D eigenvalue weighted by atomic mass is 10.2. The highest BCUT2D eigenvalue weighted by Gasteiger charge is 2.15. The predicted molar refractivity (Wildman–Crippen MR) is 43.0 cm³/mol. The van der Waals surface area contributed by atoms with Gasteiger partial charge in [0.15, 0.2) is 0 Å². The zero-order valence-corrected chi connectivity index (χ0v) is 7.01. The van der Waals surface area contributed by atoms with Gasteiger partial charge >= 0.3 is 11.9 Å². The average Bonchev–Trinajstić information content (AvgIpc) is 2.30. The Morgan fingerprint density at radius 1 is 1.33 bits per heavy atom. The molecular formula is C7H6O4S. The third-order valence-corrected chi connectivity index (χ3v) is 2.40. The van der Waals surface area contributed by atoms with Crippen LogP contribution < -0.4 is 0 Å². The molecule has 0 atom stereocenters. The molecule has 0 aliphatic carbocycles. The maximum atomic E-state index is 10.5. The minimum atomic E-state index is -1.09. The Balaban J connectivity index is 3.17. The molecule has 0 aliphatic rings. The van der Waals surface area contributed by atoms with Crippen LogP contribution >= 0.6 is 11.3 Å².